The van der Waals surface area contributed by atoms with Gasteiger partial charge in [-0.2, -0.15) is 0 Å². The summed E-state index contributed by atoms with van der Waals surface area (Å²) in [6, 6.07) is -0.739. The monoisotopic (exact) mass is 1090 g/mol. The SMILES string of the molecule is CC/C=C\C/C=C\C/C=C\C/C=C\C/C=C\C/C=C\C/C=C\C/C=C\C/C=C\CCCCCCCC(=O)NC(COC1OC(CO)C(O)C(O)C1O)C(O)CCCCCCCCCCCCCCCCCCCCCCCC. The van der Waals surface area contributed by atoms with Crippen LogP contribution in [0.4, 0.5) is 0 Å². The summed E-state index contributed by atoms with van der Waals surface area (Å²) in [5, 5.41) is 54.8. The Morgan fingerprint density at radius 3 is 1.18 bits per heavy atom. The maximum atomic E-state index is 13.1. The molecule has 0 saturated carbocycles. The highest BCUT2D eigenvalue weighted by Crippen LogP contribution is 2.23. The highest BCUT2D eigenvalue weighted by Gasteiger charge is 2.44. The van der Waals surface area contributed by atoms with Gasteiger partial charge in [0.25, 0.3) is 0 Å². The fourth-order valence-corrected chi connectivity index (χ4v) is 9.63. The molecular formula is C69H119NO8. The number of aliphatic hydroxyl groups is 5. The zero-order chi connectivity index (χ0) is 56.5. The number of hydrogen-bond donors (Lipinski definition) is 6. The molecule has 9 nitrogen and oxygen atoms in total. The lowest BCUT2D eigenvalue weighted by Gasteiger charge is -2.40. The third-order valence-corrected chi connectivity index (χ3v) is 14.6. The largest absolute Gasteiger partial charge is 0.394 e. The van der Waals surface area contributed by atoms with Crippen molar-refractivity contribution in [1.29, 1.82) is 0 Å². The molecule has 0 aliphatic carbocycles. The molecule has 0 aromatic heterocycles. The highest BCUT2D eigenvalue weighted by molar-refractivity contribution is 5.76. The Kier molecular flexibility index (Phi) is 53.3. The van der Waals surface area contributed by atoms with Gasteiger partial charge in [-0.1, -0.05) is 284 Å². The summed E-state index contributed by atoms with van der Waals surface area (Å²) in [4.78, 5) is 13.1. The van der Waals surface area contributed by atoms with Crippen LogP contribution >= 0.6 is 0 Å². The molecule has 6 N–H and O–H groups in total. The first-order valence-corrected chi connectivity index (χ1v) is 32.1. The van der Waals surface area contributed by atoms with Crippen molar-refractivity contribution in [3.63, 3.8) is 0 Å². The van der Waals surface area contributed by atoms with E-state index in [1.165, 1.54) is 122 Å². The van der Waals surface area contributed by atoms with Crippen LogP contribution in [0.2, 0.25) is 0 Å². The minimum absolute atomic E-state index is 0.152. The van der Waals surface area contributed by atoms with Crippen molar-refractivity contribution in [2.24, 2.45) is 0 Å². The number of hydrogen-bond acceptors (Lipinski definition) is 8. The minimum atomic E-state index is -1.56. The number of nitrogens with one attached hydrogen (secondary N) is 1. The van der Waals surface area contributed by atoms with Gasteiger partial charge in [0.15, 0.2) is 6.29 Å². The molecule has 1 heterocycles. The van der Waals surface area contributed by atoms with Crippen molar-refractivity contribution in [3.8, 4) is 0 Å². The van der Waals surface area contributed by atoms with Crippen molar-refractivity contribution in [2.45, 2.75) is 307 Å². The van der Waals surface area contributed by atoms with E-state index in [0.29, 0.717) is 12.8 Å². The third kappa shape index (κ3) is 45.6. The number of unbranched alkanes of at least 4 members (excludes halogenated alkanes) is 26. The Bertz CT molecular complexity index is 1590. The predicted octanol–water partition coefficient (Wildman–Crippen LogP) is 16.9. The van der Waals surface area contributed by atoms with Gasteiger partial charge in [-0.05, 0) is 83.5 Å². The number of ether oxygens (including phenoxy) is 2. The number of allylic oxidation sites excluding steroid dienone is 18. The number of amides is 1. The van der Waals surface area contributed by atoms with Gasteiger partial charge in [-0.15, -0.1) is 0 Å². The Morgan fingerprint density at radius 2 is 0.795 bits per heavy atom. The molecular weight excluding hydrogens is 971 g/mol. The molecule has 0 aromatic rings. The highest BCUT2D eigenvalue weighted by atomic mass is 16.7. The van der Waals surface area contributed by atoms with Crippen molar-refractivity contribution in [2.75, 3.05) is 13.2 Å². The molecule has 1 aliphatic rings. The number of rotatable bonds is 54. The molecule has 7 unspecified atom stereocenters. The van der Waals surface area contributed by atoms with Gasteiger partial charge >= 0.3 is 0 Å². The van der Waals surface area contributed by atoms with E-state index in [2.05, 4.69) is 129 Å². The molecule has 0 radical (unpaired) electrons. The number of aliphatic hydroxyl groups excluding tert-OH is 5. The molecule has 1 saturated heterocycles. The second kappa shape index (κ2) is 57.1. The van der Waals surface area contributed by atoms with Crippen LogP contribution < -0.4 is 5.32 Å². The summed E-state index contributed by atoms with van der Waals surface area (Å²) in [7, 11) is 0. The van der Waals surface area contributed by atoms with Crippen LogP contribution in [0.25, 0.3) is 0 Å². The average Bonchev–Trinajstić information content (AvgIpc) is 3.45. The topological polar surface area (TPSA) is 149 Å². The Hall–Kier alpha value is -3.15. The van der Waals surface area contributed by atoms with Gasteiger partial charge in [0.1, 0.15) is 24.4 Å². The van der Waals surface area contributed by atoms with Gasteiger partial charge in [0.05, 0.1) is 25.4 Å². The molecule has 78 heavy (non-hydrogen) atoms. The van der Waals surface area contributed by atoms with Crippen LogP contribution in [0, 0.1) is 0 Å². The first-order valence-electron chi connectivity index (χ1n) is 32.1. The summed E-state index contributed by atoms with van der Waals surface area (Å²) >= 11 is 0. The average molecular weight is 1090 g/mol. The Morgan fingerprint density at radius 1 is 0.449 bits per heavy atom. The molecule has 0 bridgehead atoms. The zero-order valence-corrected chi connectivity index (χ0v) is 49.9. The van der Waals surface area contributed by atoms with E-state index in [0.717, 1.165) is 116 Å². The molecule has 1 aliphatic heterocycles. The Balaban J connectivity index is 2.21. The lowest BCUT2D eigenvalue weighted by atomic mass is 9.99. The maximum absolute atomic E-state index is 13.1. The van der Waals surface area contributed by atoms with E-state index < -0.39 is 49.5 Å². The molecule has 9 heteroatoms. The minimum Gasteiger partial charge on any atom is -0.394 e. The van der Waals surface area contributed by atoms with Gasteiger partial charge in [-0.3, -0.25) is 4.79 Å². The lowest BCUT2D eigenvalue weighted by molar-refractivity contribution is -0.302. The molecule has 1 fully saturated rings. The fraction of sp³-hybridized carbons (Fsp3) is 0.725. The summed E-state index contributed by atoms with van der Waals surface area (Å²) in [5.74, 6) is -0.165. The summed E-state index contributed by atoms with van der Waals surface area (Å²) in [5.41, 5.74) is 0. The van der Waals surface area contributed by atoms with Crippen LogP contribution in [0.3, 0.4) is 0 Å². The van der Waals surface area contributed by atoms with Gasteiger partial charge in [0, 0.05) is 6.42 Å². The first-order chi connectivity index (χ1) is 38.3. The zero-order valence-electron chi connectivity index (χ0n) is 49.9. The normalized spacial score (nSPS) is 19.4. The van der Waals surface area contributed by atoms with Crippen LogP contribution in [-0.4, -0.2) is 87.5 Å². The molecule has 0 spiro atoms. The van der Waals surface area contributed by atoms with E-state index in [-0.39, 0.29) is 12.5 Å². The van der Waals surface area contributed by atoms with E-state index in [4.69, 9.17) is 9.47 Å². The number of carbonyl (C=O) groups is 1. The van der Waals surface area contributed by atoms with Crippen molar-refractivity contribution in [3.05, 3.63) is 109 Å². The molecule has 7 atom stereocenters. The van der Waals surface area contributed by atoms with Crippen LogP contribution in [0.15, 0.2) is 109 Å². The van der Waals surface area contributed by atoms with Gasteiger partial charge < -0.3 is 40.3 Å². The van der Waals surface area contributed by atoms with Crippen LogP contribution in [0.1, 0.15) is 264 Å². The standard InChI is InChI=1S/C69H119NO8/c1-3-5-7-9-11-13-15-17-19-21-23-25-27-28-29-30-31-32-33-34-35-36-37-39-41-43-45-47-49-51-53-55-57-59-65(73)70-62(61-77-69-68(76)67(75)66(74)64(60-71)78-69)63(72)58-56-54-52-50-48-46-44-42-40-38-26-24-22-20-18-16-14-12-10-8-6-4-2/h5,7,11,13,17,19,23,25,28-29,31-32,34-35,37,39,43,45,62-64,66-69,71-72,74-76H,3-4,6,8-10,12,14-16,18,20-22,24,26-27,30,33,36,38,40-42,44,46-61H2,1-2H3,(H,70,73)/b7-5-,13-11-,19-17-,25-23-,29-28-,32-31-,35-34-,39-37-,45-43-. The quantitative estimate of drug-likeness (QED) is 0.0261. The van der Waals surface area contributed by atoms with E-state index >= 15 is 0 Å². The third-order valence-electron chi connectivity index (χ3n) is 14.6. The molecule has 0 aromatic carbocycles. The Labute approximate surface area is 478 Å². The van der Waals surface area contributed by atoms with E-state index in [9.17, 15) is 30.3 Å². The maximum Gasteiger partial charge on any atom is 0.220 e. The molecule has 1 amide bonds. The molecule has 448 valence electrons. The van der Waals surface area contributed by atoms with E-state index in [1.807, 2.05) is 0 Å². The van der Waals surface area contributed by atoms with Gasteiger partial charge in [0.2, 0.25) is 5.91 Å². The second-order valence-corrected chi connectivity index (χ2v) is 21.8. The lowest BCUT2D eigenvalue weighted by Crippen LogP contribution is -2.60. The van der Waals surface area contributed by atoms with Crippen LogP contribution in [0.5, 0.6) is 0 Å². The molecule has 1 rings (SSSR count). The fourth-order valence-electron chi connectivity index (χ4n) is 9.63. The van der Waals surface area contributed by atoms with E-state index in [1.54, 1.807) is 0 Å². The predicted molar refractivity (Wildman–Crippen MR) is 331 cm³/mol. The van der Waals surface area contributed by atoms with Crippen molar-refractivity contribution in [1.82, 2.24) is 5.32 Å². The van der Waals surface area contributed by atoms with Crippen molar-refractivity contribution >= 4 is 5.91 Å². The summed E-state index contributed by atoms with van der Waals surface area (Å²) in [6.07, 6.45) is 76.9. The van der Waals surface area contributed by atoms with Crippen molar-refractivity contribution < 1.29 is 39.8 Å². The summed E-state index contributed by atoms with van der Waals surface area (Å²) in [6.45, 7) is 3.73. The number of carbonyl (C=O) groups excluding carboxylic acids is 1. The smallest absolute Gasteiger partial charge is 0.220 e. The van der Waals surface area contributed by atoms with Crippen LogP contribution in [-0.2, 0) is 14.3 Å². The summed E-state index contributed by atoms with van der Waals surface area (Å²) < 4.78 is 11.3. The first kappa shape index (κ1) is 72.9. The second-order valence-electron chi connectivity index (χ2n) is 21.8. The van der Waals surface area contributed by atoms with Gasteiger partial charge in [-0.25, -0.2) is 0 Å².